The number of unbranched alkanes of at least 4 members (excludes halogenated alkanes) is 1. The molecule has 5 aromatic rings. The van der Waals surface area contributed by atoms with E-state index in [0.29, 0.717) is 49.8 Å². The second-order valence-corrected chi connectivity index (χ2v) is 28.5. The number of alkyl halides is 3. The molecule has 454 valence electrons. The maximum Gasteiger partial charge on any atom is 0.501 e. The molecule has 2 aliphatic heterocycles. The van der Waals surface area contributed by atoms with Crippen LogP contribution in [0, 0.1) is 12.3 Å². The van der Waals surface area contributed by atoms with Gasteiger partial charge in [0, 0.05) is 105 Å². The number of hydrogen-bond acceptors (Lipinski definition) is 15. The SMILES string of the molecule is C=C(C)CCC1=C(CN2CCN(c3ccc(C(=O)NS(=O)(=O)c4ccc(N[C@H](CCN5CCN(CCCCOc6cc(-c7scnc7C)ccc6CNC=O)CC5)CSc5ccccc5)c(S(=O)(=O)C(F)(F)F)c4)cc3)CC2)CCC(C)(C)C1. The first-order valence-electron chi connectivity index (χ1n) is 28.7. The standard InChI is InChI=1S/C62H79F3N8O7S4/c1-45(2)13-14-49-39-61(4,5)25-23-51(49)41-72-32-34-73(35-33-72)53-19-17-47(18-20-53)60(75)69-84(78,79)55-21-22-56(58(38-55)83(76,77)62(63,64)65)68-52(42-81-54-11-7-6-8-12-54)24-27-71-30-28-70(29-31-71)26-9-10-36-80-57-37-48(59-46(3)67-44-82-59)15-16-50(57)40-66-43-74/h6-8,11-12,15-22,37-38,43-44,52,68H,1,9-10,13-14,23-36,39-42H2,2-5H3,(H,66,74)(H,69,75)/t52-/m1/s1. The average molecular weight is 1230 g/mol. The van der Waals surface area contributed by atoms with E-state index in [2.05, 4.69) is 62.6 Å². The zero-order valence-corrected chi connectivity index (χ0v) is 51.8. The molecule has 0 unspecified atom stereocenters. The number of aryl methyl sites for hydroxylation is 1. The van der Waals surface area contributed by atoms with Gasteiger partial charge in [0.05, 0.1) is 33.3 Å². The van der Waals surface area contributed by atoms with Crippen LogP contribution in [0.5, 0.6) is 5.75 Å². The summed E-state index contributed by atoms with van der Waals surface area (Å²) in [6.07, 6.45) is 8.24. The van der Waals surface area contributed by atoms with Gasteiger partial charge in [-0.25, -0.2) is 26.5 Å². The summed E-state index contributed by atoms with van der Waals surface area (Å²) in [7, 11) is -11.0. The van der Waals surface area contributed by atoms with Crippen LogP contribution in [0.1, 0.15) is 93.8 Å². The lowest BCUT2D eigenvalue weighted by Gasteiger charge is -2.39. The second-order valence-electron chi connectivity index (χ2n) is 22.9. The lowest BCUT2D eigenvalue weighted by molar-refractivity contribution is -0.109. The number of thioether (sulfide) groups is 1. The number of rotatable bonds is 28. The summed E-state index contributed by atoms with van der Waals surface area (Å²) in [5, 5.41) is 5.79. The number of amides is 2. The molecule has 8 rings (SSSR count). The number of ether oxygens (including phenoxy) is 1. The van der Waals surface area contributed by atoms with Crippen LogP contribution in [-0.4, -0.2) is 145 Å². The van der Waals surface area contributed by atoms with E-state index in [1.165, 1.54) is 35.9 Å². The number of sulfone groups is 1. The van der Waals surface area contributed by atoms with Gasteiger partial charge in [-0.15, -0.1) is 29.7 Å². The predicted octanol–water partition coefficient (Wildman–Crippen LogP) is 11.2. The molecule has 15 nitrogen and oxygen atoms in total. The molecule has 0 saturated carbocycles. The number of carbonyl (C=O) groups excluding carboxylic acids is 2. The van der Waals surface area contributed by atoms with Gasteiger partial charge in [0.25, 0.3) is 25.8 Å². The maximum absolute atomic E-state index is 14.5. The van der Waals surface area contributed by atoms with E-state index in [1.54, 1.807) is 34.6 Å². The van der Waals surface area contributed by atoms with Crippen molar-refractivity contribution in [3.63, 3.8) is 0 Å². The summed E-state index contributed by atoms with van der Waals surface area (Å²) in [6, 6.07) is 23.8. The van der Waals surface area contributed by atoms with E-state index in [1.807, 2.05) is 65.7 Å². The van der Waals surface area contributed by atoms with E-state index in [0.717, 1.165) is 154 Å². The minimum absolute atomic E-state index is 0.000142. The van der Waals surface area contributed by atoms with Crippen molar-refractivity contribution in [1.82, 2.24) is 29.7 Å². The first kappa shape index (κ1) is 64.3. The van der Waals surface area contributed by atoms with E-state index in [-0.39, 0.29) is 5.56 Å². The van der Waals surface area contributed by atoms with Crippen molar-refractivity contribution >= 4 is 66.7 Å². The van der Waals surface area contributed by atoms with Crippen molar-refractivity contribution in [2.24, 2.45) is 5.41 Å². The predicted molar refractivity (Wildman–Crippen MR) is 330 cm³/mol. The fraction of sp³-hybridized carbons (Fsp3) is 0.468. The van der Waals surface area contributed by atoms with Gasteiger partial charge in [-0.05, 0) is 143 Å². The van der Waals surface area contributed by atoms with Crippen LogP contribution in [-0.2, 0) is 31.2 Å². The minimum atomic E-state index is -6.11. The number of allylic oxidation sites excluding steroid dienone is 2. The van der Waals surface area contributed by atoms with Crippen LogP contribution in [0.2, 0.25) is 0 Å². The molecule has 2 fully saturated rings. The number of piperazine rings is 2. The van der Waals surface area contributed by atoms with Crippen molar-refractivity contribution < 1.29 is 44.3 Å². The van der Waals surface area contributed by atoms with E-state index in [9.17, 15) is 39.6 Å². The lowest BCUT2D eigenvalue weighted by Crippen LogP contribution is -2.47. The van der Waals surface area contributed by atoms with Crippen molar-refractivity contribution in [2.45, 2.75) is 112 Å². The summed E-state index contributed by atoms with van der Waals surface area (Å²) in [5.41, 5.74) is 3.93. The molecule has 2 amide bonds. The smallest absolute Gasteiger partial charge is 0.493 e. The Labute approximate surface area is 502 Å². The van der Waals surface area contributed by atoms with Crippen LogP contribution >= 0.6 is 23.1 Å². The van der Waals surface area contributed by atoms with Crippen molar-refractivity contribution in [3.05, 3.63) is 137 Å². The lowest BCUT2D eigenvalue weighted by atomic mass is 9.73. The number of sulfonamides is 1. The first-order valence-corrected chi connectivity index (χ1v) is 33.6. The summed E-state index contributed by atoms with van der Waals surface area (Å²) < 4.78 is 106. The summed E-state index contributed by atoms with van der Waals surface area (Å²) in [6.45, 7) is 22.4. The Kier molecular flexibility index (Phi) is 22.3. The number of benzene rings is 4. The number of halogens is 3. The number of carbonyl (C=O) groups is 2. The number of hydrogen-bond donors (Lipinski definition) is 3. The summed E-state index contributed by atoms with van der Waals surface area (Å²) in [4.78, 5) is 38.2. The molecule has 0 radical (unpaired) electrons. The Morgan fingerprint density at radius 1 is 0.881 bits per heavy atom. The van der Waals surface area contributed by atoms with Crippen LogP contribution < -0.4 is 25.0 Å². The van der Waals surface area contributed by atoms with Gasteiger partial charge in [-0.3, -0.25) is 14.5 Å². The van der Waals surface area contributed by atoms with Gasteiger partial charge in [-0.1, -0.05) is 60.9 Å². The quantitative estimate of drug-likeness (QED) is 0.0187. The minimum Gasteiger partial charge on any atom is -0.493 e. The molecule has 1 atom stereocenters. The molecule has 84 heavy (non-hydrogen) atoms. The zero-order chi connectivity index (χ0) is 60.1. The highest BCUT2D eigenvalue weighted by molar-refractivity contribution is 7.99. The van der Waals surface area contributed by atoms with Crippen LogP contribution in [0.4, 0.5) is 24.5 Å². The average Bonchev–Trinajstić information content (AvgIpc) is 3.32. The first-order chi connectivity index (χ1) is 40.1. The van der Waals surface area contributed by atoms with Crippen molar-refractivity contribution in [3.8, 4) is 16.2 Å². The third-order valence-corrected chi connectivity index (χ3v) is 20.9. The highest BCUT2D eigenvalue weighted by Crippen LogP contribution is 2.42. The molecular weight excluding hydrogens is 1150 g/mol. The monoisotopic (exact) mass is 1230 g/mol. The third-order valence-electron chi connectivity index (χ3n) is 15.9. The van der Waals surface area contributed by atoms with Crippen molar-refractivity contribution in [2.75, 3.05) is 94.6 Å². The van der Waals surface area contributed by atoms with Gasteiger partial charge in [0.2, 0.25) is 6.41 Å². The molecule has 22 heteroatoms. The molecule has 2 saturated heterocycles. The molecule has 3 heterocycles. The van der Waals surface area contributed by atoms with Crippen LogP contribution in [0.15, 0.2) is 134 Å². The molecule has 0 spiro atoms. The van der Waals surface area contributed by atoms with E-state index >= 15 is 0 Å². The fourth-order valence-corrected chi connectivity index (χ4v) is 14.8. The fourth-order valence-electron chi connectivity index (χ4n) is 10.9. The van der Waals surface area contributed by atoms with Gasteiger partial charge in [0.1, 0.15) is 10.6 Å². The van der Waals surface area contributed by atoms with Crippen molar-refractivity contribution in [1.29, 1.82) is 0 Å². The largest absolute Gasteiger partial charge is 0.501 e. The molecule has 0 bridgehead atoms. The Morgan fingerprint density at radius 2 is 1.58 bits per heavy atom. The maximum atomic E-state index is 14.5. The highest BCUT2D eigenvalue weighted by atomic mass is 32.2. The molecule has 3 aliphatic rings. The third kappa shape index (κ3) is 17.7. The van der Waals surface area contributed by atoms with Gasteiger partial charge < -0.3 is 30.1 Å². The Hall–Kier alpha value is -5.75. The Bertz CT molecular complexity index is 3310. The van der Waals surface area contributed by atoms with Gasteiger partial charge in [0.15, 0.2) is 0 Å². The second kappa shape index (κ2) is 29.1. The van der Waals surface area contributed by atoms with E-state index < -0.39 is 52.8 Å². The normalized spacial score (nSPS) is 17.0. The van der Waals surface area contributed by atoms with Crippen LogP contribution in [0.25, 0.3) is 10.4 Å². The Balaban J connectivity index is 0.861. The number of aromatic nitrogens is 1. The summed E-state index contributed by atoms with van der Waals surface area (Å²) >= 11 is 3.02. The van der Waals surface area contributed by atoms with Crippen LogP contribution in [0.3, 0.4) is 0 Å². The molecule has 3 N–H and O–H groups in total. The van der Waals surface area contributed by atoms with E-state index in [4.69, 9.17) is 4.74 Å². The van der Waals surface area contributed by atoms with Gasteiger partial charge in [-0.2, -0.15) is 13.2 Å². The highest BCUT2D eigenvalue weighted by Gasteiger charge is 2.48. The number of thiazole rings is 1. The number of anilines is 2. The molecule has 4 aromatic carbocycles. The zero-order valence-electron chi connectivity index (χ0n) is 48.5. The molecule has 1 aromatic heterocycles. The topological polar surface area (TPSA) is 174 Å². The number of nitrogens with one attached hydrogen (secondary N) is 3. The molecular formula is C62H79F3N8O7S4. The number of nitrogens with zero attached hydrogens (tertiary/aromatic N) is 5. The Morgan fingerprint density at radius 3 is 2.25 bits per heavy atom. The molecule has 1 aliphatic carbocycles. The summed E-state index contributed by atoms with van der Waals surface area (Å²) in [5.74, 6) is 0.0439. The van der Waals surface area contributed by atoms with Gasteiger partial charge >= 0.3 is 5.51 Å².